The van der Waals surface area contributed by atoms with Crippen molar-refractivity contribution in [3.05, 3.63) is 29.3 Å². The van der Waals surface area contributed by atoms with Gasteiger partial charge in [0.25, 0.3) is 0 Å². The number of anilines is 1. The lowest BCUT2D eigenvalue weighted by Gasteiger charge is -2.26. The van der Waals surface area contributed by atoms with Crippen molar-refractivity contribution < 1.29 is 9.53 Å². The third kappa shape index (κ3) is 2.40. The van der Waals surface area contributed by atoms with Crippen LogP contribution in [0.3, 0.4) is 0 Å². The van der Waals surface area contributed by atoms with E-state index in [-0.39, 0.29) is 5.91 Å². The SMILES string of the molecule is O=C1Cc2c(CCN3CCOCC3)cccc2N1. The van der Waals surface area contributed by atoms with Gasteiger partial charge in [0.2, 0.25) is 5.91 Å². The first-order valence-corrected chi connectivity index (χ1v) is 6.53. The Balaban J connectivity index is 1.66. The summed E-state index contributed by atoms with van der Waals surface area (Å²) in [7, 11) is 0. The van der Waals surface area contributed by atoms with Crippen LogP contribution in [0.25, 0.3) is 0 Å². The highest BCUT2D eigenvalue weighted by atomic mass is 16.5. The minimum atomic E-state index is 0.115. The Morgan fingerprint density at radius 2 is 2.11 bits per heavy atom. The number of carbonyl (C=O) groups excluding carboxylic acids is 1. The zero-order valence-electron chi connectivity index (χ0n) is 10.4. The van der Waals surface area contributed by atoms with E-state index >= 15 is 0 Å². The number of nitrogens with one attached hydrogen (secondary N) is 1. The molecular formula is C14H18N2O2. The van der Waals surface area contributed by atoms with E-state index in [1.165, 1.54) is 11.1 Å². The molecule has 1 amide bonds. The summed E-state index contributed by atoms with van der Waals surface area (Å²) < 4.78 is 5.34. The van der Waals surface area contributed by atoms with Gasteiger partial charge < -0.3 is 10.1 Å². The molecule has 96 valence electrons. The van der Waals surface area contributed by atoms with Gasteiger partial charge in [-0.2, -0.15) is 0 Å². The first kappa shape index (κ1) is 11.7. The van der Waals surface area contributed by atoms with Crippen LogP contribution in [-0.4, -0.2) is 43.7 Å². The molecule has 0 aliphatic carbocycles. The van der Waals surface area contributed by atoms with E-state index in [1.807, 2.05) is 12.1 Å². The monoisotopic (exact) mass is 246 g/mol. The molecule has 18 heavy (non-hydrogen) atoms. The van der Waals surface area contributed by atoms with Gasteiger partial charge in [-0.1, -0.05) is 12.1 Å². The minimum Gasteiger partial charge on any atom is -0.379 e. The highest BCUT2D eigenvalue weighted by Crippen LogP contribution is 2.26. The molecule has 0 atom stereocenters. The van der Waals surface area contributed by atoms with E-state index in [2.05, 4.69) is 16.3 Å². The minimum absolute atomic E-state index is 0.115. The van der Waals surface area contributed by atoms with Crippen molar-refractivity contribution in [1.29, 1.82) is 0 Å². The molecule has 1 N–H and O–H groups in total. The van der Waals surface area contributed by atoms with Crippen molar-refractivity contribution >= 4 is 11.6 Å². The molecule has 0 saturated carbocycles. The summed E-state index contributed by atoms with van der Waals surface area (Å²) >= 11 is 0. The Labute approximate surface area is 107 Å². The van der Waals surface area contributed by atoms with Gasteiger partial charge in [-0.05, 0) is 23.6 Å². The van der Waals surface area contributed by atoms with Crippen LogP contribution >= 0.6 is 0 Å². The first-order chi connectivity index (χ1) is 8.83. The average Bonchev–Trinajstić information content (AvgIpc) is 2.78. The summed E-state index contributed by atoms with van der Waals surface area (Å²) in [6.07, 6.45) is 1.55. The van der Waals surface area contributed by atoms with Crippen LogP contribution in [0.5, 0.6) is 0 Å². The summed E-state index contributed by atoms with van der Waals surface area (Å²) in [4.78, 5) is 13.8. The molecule has 2 aliphatic rings. The summed E-state index contributed by atoms with van der Waals surface area (Å²) in [5.74, 6) is 0.115. The van der Waals surface area contributed by atoms with Crippen molar-refractivity contribution in [2.75, 3.05) is 38.2 Å². The lowest BCUT2D eigenvalue weighted by Crippen LogP contribution is -2.37. The molecule has 1 fully saturated rings. The second-order valence-corrected chi connectivity index (χ2v) is 4.87. The Bertz CT molecular complexity index is 453. The van der Waals surface area contributed by atoms with Gasteiger partial charge in [0, 0.05) is 25.3 Å². The standard InChI is InChI=1S/C14H18N2O2/c17-14-10-12-11(2-1-3-13(12)15-14)4-5-16-6-8-18-9-7-16/h1-3H,4-10H2,(H,15,17). The van der Waals surface area contributed by atoms with Crippen molar-refractivity contribution in [3.8, 4) is 0 Å². The maximum absolute atomic E-state index is 11.4. The molecule has 3 rings (SSSR count). The number of carbonyl (C=O) groups is 1. The number of amides is 1. The molecule has 0 radical (unpaired) electrons. The lowest BCUT2D eigenvalue weighted by molar-refractivity contribution is -0.115. The second kappa shape index (κ2) is 5.08. The zero-order chi connectivity index (χ0) is 12.4. The molecule has 1 aromatic rings. The Hall–Kier alpha value is -1.39. The molecule has 2 heterocycles. The van der Waals surface area contributed by atoms with Gasteiger partial charge in [-0.3, -0.25) is 9.69 Å². The van der Waals surface area contributed by atoms with Crippen LogP contribution < -0.4 is 5.32 Å². The van der Waals surface area contributed by atoms with Crippen LogP contribution in [0.2, 0.25) is 0 Å². The molecule has 0 unspecified atom stereocenters. The lowest BCUT2D eigenvalue weighted by atomic mass is 10.0. The summed E-state index contributed by atoms with van der Waals surface area (Å²) in [6, 6.07) is 6.15. The maximum atomic E-state index is 11.4. The van der Waals surface area contributed by atoms with Crippen LogP contribution in [0.4, 0.5) is 5.69 Å². The molecule has 0 bridgehead atoms. The predicted molar refractivity (Wildman–Crippen MR) is 69.7 cm³/mol. The molecule has 4 nitrogen and oxygen atoms in total. The number of rotatable bonds is 3. The van der Waals surface area contributed by atoms with Gasteiger partial charge in [-0.15, -0.1) is 0 Å². The van der Waals surface area contributed by atoms with Gasteiger partial charge >= 0.3 is 0 Å². The quantitative estimate of drug-likeness (QED) is 0.867. The number of benzene rings is 1. The third-order valence-corrected chi connectivity index (χ3v) is 3.69. The molecule has 0 spiro atoms. The largest absolute Gasteiger partial charge is 0.379 e. The fourth-order valence-electron chi connectivity index (χ4n) is 2.65. The van der Waals surface area contributed by atoms with E-state index in [4.69, 9.17) is 4.74 Å². The zero-order valence-corrected chi connectivity index (χ0v) is 10.4. The first-order valence-electron chi connectivity index (χ1n) is 6.53. The van der Waals surface area contributed by atoms with Gasteiger partial charge in [0.15, 0.2) is 0 Å². The normalized spacial score (nSPS) is 19.7. The number of hydrogen-bond donors (Lipinski definition) is 1. The highest BCUT2D eigenvalue weighted by Gasteiger charge is 2.20. The molecular weight excluding hydrogens is 228 g/mol. The van der Waals surface area contributed by atoms with Gasteiger partial charge in [0.1, 0.15) is 0 Å². The van der Waals surface area contributed by atoms with Crippen molar-refractivity contribution in [2.24, 2.45) is 0 Å². The molecule has 4 heteroatoms. The smallest absolute Gasteiger partial charge is 0.228 e. The maximum Gasteiger partial charge on any atom is 0.228 e. The van der Waals surface area contributed by atoms with Crippen molar-refractivity contribution in [3.63, 3.8) is 0 Å². The van der Waals surface area contributed by atoms with E-state index < -0.39 is 0 Å². The number of ether oxygens (including phenoxy) is 1. The van der Waals surface area contributed by atoms with Gasteiger partial charge in [-0.25, -0.2) is 0 Å². The van der Waals surface area contributed by atoms with E-state index in [0.717, 1.165) is 45.0 Å². The average molecular weight is 246 g/mol. The number of nitrogens with zero attached hydrogens (tertiary/aromatic N) is 1. The molecule has 2 aliphatic heterocycles. The van der Waals surface area contributed by atoms with Crippen LogP contribution in [0, 0.1) is 0 Å². The summed E-state index contributed by atoms with van der Waals surface area (Å²) in [5, 5.41) is 2.90. The van der Waals surface area contributed by atoms with Gasteiger partial charge in [0.05, 0.1) is 19.6 Å². The topological polar surface area (TPSA) is 41.6 Å². The van der Waals surface area contributed by atoms with Crippen LogP contribution in [-0.2, 0) is 22.4 Å². The van der Waals surface area contributed by atoms with E-state index in [1.54, 1.807) is 0 Å². The summed E-state index contributed by atoms with van der Waals surface area (Å²) in [6.45, 7) is 4.77. The number of fused-ring (bicyclic) bond motifs is 1. The Kier molecular flexibility index (Phi) is 3.30. The molecule has 1 saturated heterocycles. The molecule has 1 aromatic carbocycles. The van der Waals surface area contributed by atoms with Crippen molar-refractivity contribution in [1.82, 2.24) is 4.90 Å². The highest BCUT2D eigenvalue weighted by molar-refractivity contribution is 5.99. The summed E-state index contributed by atoms with van der Waals surface area (Å²) in [5.41, 5.74) is 3.49. The number of morpholine rings is 1. The fourth-order valence-corrected chi connectivity index (χ4v) is 2.65. The van der Waals surface area contributed by atoms with Crippen molar-refractivity contribution in [2.45, 2.75) is 12.8 Å². The van der Waals surface area contributed by atoms with Crippen LogP contribution in [0.1, 0.15) is 11.1 Å². The Morgan fingerprint density at radius 1 is 1.28 bits per heavy atom. The fraction of sp³-hybridized carbons (Fsp3) is 0.500. The Morgan fingerprint density at radius 3 is 2.94 bits per heavy atom. The third-order valence-electron chi connectivity index (χ3n) is 3.69. The second-order valence-electron chi connectivity index (χ2n) is 4.87. The predicted octanol–water partition coefficient (Wildman–Crippen LogP) is 1.06. The molecule has 0 aromatic heterocycles. The van der Waals surface area contributed by atoms with E-state index in [0.29, 0.717) is 6.42 Å². The van der Waals surface area contributed by atoms with Crippen LogP contribution in [0.15, 0.2) is 18.2 Å². The van der Waals surface area contributed by atoms with E-state index in [9.17, 15) is 4.79 Å². The number of hydrogen-bond acceptors (Lipinski definition) is 3.